The largest absolute Gasteiger partial charge is 0.462 e. The lowest BCUT2D eigenvalue weighted by molar-refractivity contribution is 0.00993. The van der Waals surface area contributed by atoms with Crippen LogP contribution < -0.4 is 22.5 Å². The molecule has 0 bridgehead atoms. The third-order valence-corrected chi connectivity index (χ3v) is 7.11. The summed E-state index contributed by atoms with van der Waals surface area (Å²) in [7, 11) is 0. The molecule has 42 heavy (non-hydrogen) atoms. The van der Waals surface area contributed by atoms with E-state index in [0.29, 0.717) is 51.1 Å². The highest BCUT2D eigenvalue weighted by Gasteiger charge is 2.37. The number of carbonyl (C=O) groups excluding carboxylic acids is 3. The average molecular weight is 603 g/mol. The third kappa shape index (κ3) is 8.93. The minimum atomic E-state index is -0.723. The maximum Gasteiger partial charge on any atom is 0.410 e. The number of carbonyl (C=O) groups is 3. The van der Waals surface area contributed by atoms with Gasteiger partial charge in [0.25, 0.3) is 5.91 Å². The zero-order chi connectivity index (χ0) is 31.1. The number of rotatable bonds is 8. The lowest BCUT2D eigenvalue weighted by atomic mass is 9.74. The summed E-state index contributed by atoms with van der Waals surface area (Å²) in [6.07, 6.45) is 2.35. The number of aryl methyl sites for hydroxylation is 1. The number of benzene rings is 1. The number of nitrogens with two attached hydrogens (primary N) is 3. The summed E-state index contributed by atoms with van der Waals surface area (Å²) in [6, 6.07) is 7.29. The van der Waals surface area contributed by atoms with Crippen molar-refractivity contribution in [3.63, 3.8) is 0 Å². The van der Waals surface area contributed by atoms with Crippen molar-refractivity contribution in [1.82, 2.24) is 20.2 Å². The second kappa shape index (κ2) is 13.7. The number of guanidine groups is 1. The smallest absolute Gasteiger partial charge is 0.410 e. The van der Waals surface area contributed by atoms with E-state index in [1.165, 1.54) is 0 Å². The maximum absolute atomic E-state index is 12.7. The van der Waals surface area contributed by atoms with E-state index in [-0.39, 0.29) is 45.9 Å². The van der Waals surface area contributed by atoms with Crippen LogP contribution in [0.3, 0.4) is 0 Å². The van der Waals surface area contributed by atoms with Gasteiger partial charge in [-0.25, -0.2) is 19.6 Å². The number of anilines is 2. The van der Waals surface area contributed by atoms with Gasteiger partial charge in [-0.05, 0) is 76.5 Å². The van der Waals surface area contributed by atoms with Gasteiger partial charge in [-0.2, -0.15) is 0 Å². The van der Waals surface area contributed by atoms with Crippen molar-refractivity contribution < 1.29 is 23.9 Å². The topological polar surface area (TPSA) is 201 Å². The Hall–Kier alpha value is -4.13. The molecule has 14 heteroatoms. The van der Waals surface area contributed by atoms with Gasteiger partial charge in [0, 0.05) is 19.6 Å². The van der Waals surface area contributed by atoms with E-state index in [1.807, 2.05) is 32.9 Å². The number of nitrogens with one attached hydrogen (secondary N) is 1. The van der Waals surface area contributed by atoms with Gasteiger partial charge in [0.1, 0.15) is 5.60 Å². The monoisotopic (exact) mass is 602 g/mol. The number of hydrogen-bond donors (Lipinski definition) is 4. The number of ether oxygens (including phenoxy) is 2. The van der Waals surface area contributed by atoms with Crippen LogP contribution >= 0.6 is 11.6 Å². The van der Waals surface area contributed by atoms with Crippen molar-refractivity contribution in [1.29, 1.82) is 0 Å². The molecule has 1 aromatic carbocycles. The molecule has 0 aliphatic carbocycles. The van der Waals surface area contributed by atoms with Gasteiger partial charge in [0.2, 0.25) is 0 Å². The van der Waals surface area contributed by atoms with Crippen molar-refractivity contribution in [2.75, 3.05) is 37.7 Å². The second-order valence-corrected chi connectivity index (χ2v) is 11.5. The van der Waals surface area contributed by atoms with E-state index in [4.69, 9.17) is 38.3 Å². The predicted octanol–water partition coefficient (Wildman–Crippen LogP) is 3.17. The zero-order valence-electron chi connectivity index (χ0n) is 24.4. The van der Waals surface area contributed by atoms with Crippen molar-refractivity contribution >= 4 is 47.2 Å². The Morgan fingerprint density at radius 1 is 1.10 bits per heavy atom. The molecule has 0 radical (unpaired) electrons. The highest BCUT2D eigenvalue weighted by Crippen LogP contribution is 2.37. The molecule has 3 rings (SSSR count). The van der Waals surface area contributed by atoms with Crippen LogP contribution in [0, 0.1) is 5.41 Å². The third-order valence-electron chi connectivity index (χ3n) is 6.83. The first-order chi connectivity index (χ1) is 19.7. The molecule has 0 atom stereocenters. The fourth-order valence-electron chi connectivity index (χ4n) is 4.49. The number of aromatic nitrogens is 2. The Morgan fingerprint density at radius 3 is 2.33 bits per heavy atom. The van der Waals surface area contributed by atoms with E-state index in [2.05, 4.69) is 20.3 Å². The maximum atomic E-state index is 12.7. The van der Waals surface area contributed by atoms with Crippen LogP contribution in [0.15, 0.2) is 29.3 Å². The van der Waals surface area contributed by atoms with Gasteiger partial charge in [-0.15, -0.1) is 0 Å². The molecule has 0 unspecified atom stereocenters. The van der Waals surface area contributed by atoms with Gasteiger partial charge in [-0.3, -0.25) is 15.1 Å². The van der Waals surface area contributed by atoms with Crippen molar-refractivity contribution in [2.24, 2.45) is 16.1 Å². The number of likely N-dealkylation sites (tertiary alicyclic amines) is 1. The van der Waals surface area contributed by atoms with Crippen LogP contribution in [0.4, 0.5) is 16.4 Å². The van der Waals surface area contributed by atoms with Gasteiger partial charge in [0.15, 0.2) is 28.4 Å². The first-order valence-electron chi connectivity index (χ1n) is 13.7. The fourth-order valence-corrected chi connectivity index (χ4v) is 4.61. The molecule has 1 fully saturated rings. The van der Waals surface area contributed by atoms with E-state index >= 15 is 0 Å². The molecule has 0 saturated carbocycles. The number of hydrogen-bond acceptors (Lipinski definition) is 10. The Kier molecular flexibility index (Phi) is 10.6. The number of nitrogen functional groups attached to an aromatic ring is 2. The Bertz CT molecular complexity index is 1320. The number of piperidine rings is 1. The van der Waals surface area contributed by atoms with E-state index < -0.39 is 11.5 Å². The Labute approximate surface area is 250 Å². The highest BCUT2D eigenvalue weighted by molar-refractivity contribution is 6.31. The first kappa shape index (κ1) is 32.4. The summed E-state index contributed by atoms with van der Waals surface area (Å²) in [4.78, 5) is 51.2. The van der Waals surface area contributed by atoms with Crippen LogP contribution in [-0.4, -0.2) is 70.6 Å². The summed E-state index contributed by atoms with van der Waals surface area (Å²) in [5.41, 5.74) is 17.8. The number of nitrogens with zero attached hydrogens (tertiary/aromatic N) is 4. The van der Waals surface area contributed by atoms with Gasteiger partial charge < -0.3 is 31.6 Å². The molecule has 13 nitrogen and oxygen atoms in total. The summed E-state index contributed by atoms with van der Waals surface area (Å²) in [5, 5.41) is 2.32. The quantitative estimate of drug-likeness (QED) is 0.197. The number of esters is 1. The highest BCUT2D eigenvalue weighted by atomic mass is 35.5. The minimum Gasteiger partial charge on any atom is -0.462 e. The standard InChI is InChI=1S/C28H39ClN8O5/c1-5-41-24(39)18-8-6-17(7-9-18)10-11-28(12-14-37(15-13-28)26(40)42-27(2,3)4)16-33-25(32)36-23(38)19-21(30)35-22(31)20(29)34-19/h6-9H,5,10-16H2,1-4H3,(H4,30,31,35)(H3,32,33,36,38). The van der Waals surface area contributed by atoms with Crippen LogP contribution in [0.5, 0.6) is 0 Å². The minimum absolute atomic E-state index is 0.0949. The second-order valence-electron chi connectivity index (χ2n) is 11.2. The average Bonchev–Trinajstić information content (AvgIpc) is 2.92. The van der Waals surface area contributed by atoms with Gasteiger partial charge >= 0.3 is 12.1 Å². The zero-order valence-corrected chi connectivity index (χ0v) is 25.2. The van der Waals surface area contributed by atoms with Gasteiger partial charge in [-0.1, -0.05) is 23.7 Å². The molecule has 0 spiro atoms. The Balaban J connectivity index is 1.73. The number of amides is 2. The normalized spacial score (nSPS) is 15.2. The lowest BCUT2D eigenvalue weighted by Gasteiger charge is -2.41. The molecule has 7 N–H and O–H groups in total. The van der Waals surface area contributed by atoms with Crippen molar-refractivity contribution in [2.45, 2.75) is 59.0 Å². The summed E-state index contributed by atoms with van der Waals surface area (Å²) < 4.78 is 10.6. The molecular weight excluding hydrogens is 564 g/mol. The molecular formula is C28H39ClN8O5. The fraction of sp³-hybridized carbons (Fsp3) is 0.500. The van der Waals surface area contributed by atoms with Crippen LogP contribution in [0.2, 0.25) is 5.15 Å². The predicted molar refractivity (Wildman–Crippen MR) is 160 cm³/mol. The van der Waals surface area contributed by atoms with Crippen LogP contribution in [-0.2, 0) is 15.9 Å². The molecule has 1 aromatic heterocycles. The molecule has 228 valence electrons. The van der Waals surface area contributed by atoms with Gasteiger partial charge in [0.05, 0.1) is 12.2 Å². The number of aliphatic imine (C=N–C) groups is 1. The molecule has 1 aliphatic rings. The molecule has 2 amide bonds. The molecule has 1 saturated heterocycles. The Morgan fingerprint density at radius 2 is 1.74 bits per heavy atom. The van der Waals surface area contributed by atoms with Crippen LogP contribution in [0.1, 0.15) is 73.4 Å². The summed E-state index contributed by atoms with van der Waals surface area (Å²) >= 11 is 5.88. The summed E-state index contributed by atoms with van der Waals surface area (Å²) in [5.74, 6) is -1.50. The number of halogens is 1. The van der Waals surface area contributed by atoms with Crippen LogP contribution in [0.25, 0.3) is 0 Å². The van der Waals surface area contributed by atoms with E-state index in [9.17, 15) is 14.4 Å². The van der Waals surface area contributed by atoms with Crippen molar-refractivity contribution in [3.8, 4) is 0 Å². The molecule has 2 aromatic rings. The van der Waals surface area contributed by atoms with E-state index in [1.54, 1.807) is 24.0 Å². The SMILES string of the molecule is CCOC(=O)c1ccc(CCC2(CN=C(N)NC(=O)c3nc(Cl)c(N)nc3N)CCN(C(=O)OC(C)(C)C)CC2)cc1. The van der Waals surface area contributed by atoms with E-state index in [0.717, 1.165) is 12.0 Å². The molecule has 1 aliphatic heterocycles. The molecule has 2 heterocycles. The first-order valence-corrected chi connectivity index (χ1v) is 14.0. The lowest BCUT2D eigenvalue weighted by Crippen LogP contribution is -2.47. The van der Waals surface area contributed by atoms with Crippen molar-refractivity contribution in [3.05, 3.63) is 46.2 Å². The summed E-state index contributed by atoms with van der Waals surface area (Å²) in [6.45, 7) is 8.82.